The van der Waals surface area contributed by atoms with Gasteiger partial charge >= 0.3 is 12.2 Å². The Labute approximate surface area is 117 Å². The van der Waals surface area contributed by atoms with Crippen molar-refractivity contribution in [3.8, 4) is 0 Å². The first kappa shape index (κ1) is 15.4. The van der Waals surface area contributed by atoms with Gasteiger partial charge in [-0.3, -0.25) is 4.90 Å². The van der Waals surface area contributed by atoms with Gasteiger partial charge in [-0.2, -0.15) is 13.2 Å². The number of piperazine rings is 1. The van der Waals surface area contributed by atoms with E-state index in [0.29, 0.717) is 32.1 Å². The second kappa shape index (κ2) is 6.20. The third kappa shape index (κ3) is 4.26. The van der Waals surface area contributed by atoms with Crippen LogP contribution in [0.3, 0.4) is 0 Å². The van der Waals surface area contributed by atoms with E-state index in [1.807, 2.05) is 4.90 Å². The number of amides is 2. The third-order valence-corrected chi connectivity index (χ3v) is 4.10. The van der Waals surface area contributed by atoms with E-state index in [9.17, 15) is 18.0 Å². The van der Waals surface area contributed by atoms with Crippen molar-refractivity contribution in [1.82, 2.24) is 14.7 Å². The van der Waals surface area contributed by atoms with Crippen molar-refractivity contribution in [1.29, 1.82) is 0 Å². The third-order valence-electron chi connectivity index (χ3n) is 4.10. The highest BCUT2D eigenvalue weighted by Crippen LogP contribution is 2.20. The topological polar surface area (TPSA) is 26.8 Å². The Balaban J connectivity index is 1.77. The SMILES string of the molecule is CC1CCN(C(=O)N2CCN(CC(F)(F)F)CC2)CC1. The van der Waals surface area contributed by atoms with E-state index < -0.39 is 12.7 Å². The molecule has 2 rings (SSSR count). The molecule has 2 aliphatic heterocycles. The predicted molar refractivity (Wildman–Crippen MR) is 69.4 cm³/mol. The zero-order chi connectivity index (χ0) is 14.8. The van der Waals surface area contributed by atoms with Crippen molar-refractivity contribution < 1.29 is 18.0 Å². The molecule has 2 heterocycles. The van der Waals surface area contributed by atoms with Crippen LogP contribution in [-0.4, -0.2) is 72.7 Å². The molecule has 2 aliphatic rings. The summed E-state index contributed by atoms with van der Waals surface area (Å²) in [6.45, 7) is 4.21. The molecule has 7 heteroatoms. The molecule has 0 aliphatic carbocycles. The standard InChI is InChI=1S/C13H22F3N3O/c1-11-2-4-18(5-3-11)12(20)19-8-6-17(7-9-19)10-13(14,15)16/h11H,2-10H2,1H3. The minimum Gasteiger partial charge on any atom is -0.325 e. The van der Waals surface area contributed by atoms with Crippen molar-refractivity contribution in [2.75, 3.05) is 45.8 Å². The predicted octanol–water partition coefficient (Wildman–Crippen LogP) is 2.02. The number of carbonyl (C=O) groups excluding carboxylic acids is 1. The van der Waals surface area contributed by atoms with Crippen molar-refractivity contribution in [3.63, 3.8) is 0 Å². The average Bonchev–Trinajstić information content (AvgIpc) is 2.38. The zero-order valence-electron chi connectivity index (χ0n) is 11.8. The number of hydrogen-bond acceptors (Lipinski definition) is 2. The number of piperidine rings is 1. The number of rotatable bonds is 1. The quantitative estimate of drug-likeness (QED) is 0.739. The number of urea groups is 1. The summed E-state index contributed by atoms with van der Waals surface area (Å²) in [5.74, 6) is 0.655. The van der Waals surface area contributed by atoms with Gasteiger partial charge < -0.3 is 9.80 Å². The average molecular weight is 293 g/mol. The van der Waals surface area contributed by atoms with Gasteiger partial charge in [-0.25, -0.2) is 4.79 Å². The largest absolute Gasteiger partial charge is 0.401 e. The summed E-state index contributed by atoms with van der Waals surface area (Å²) in [5, 5.41) is 0. The summed E-state index contributed by atoms with van der Waals surface area (Å²) in [6.07, 6.45) is -2.13. The van der Waals surface area contributed by atoms with E-state index in [0.717, 1.165) is 25.9 Å². The van der Waals surface area contributed by atoms with E-state index in [-0.39, 0.29) is 6.03 Å². The molecule has 0 saturated carbocycles. The van der Waals surface area contributed by atoms with Crippen LogP contribution in [0.1, 0.15) is 19.8 Å². The molecule has 0 aromatic heterocycles. The van der Waals surface area contributed by atoms with Crippen LogP contribution in [0.5, 0.6) is 0 Å². The fourth-order valence-electron chi connectivity index (χ4n) is 2.75. The van der Waals surface area contributed by atoms with Crippen LogP contribution >= 0.6 is 0 Å². The van der Waals surface area contributed by atoms with Gasteiger partial charge in [0.25, 0.3) is 0 Å². The Morgan fingerprint density at radius 1 is 1.00 bits per heavy atom. The Hall–Kier alpha value is -0.980. The lowest BCUT2D eigenvalue weighted by Gasteiger charge is -2.39. The fraction of sp³-hybridized carbons (Fsp3) is 0.923. The van der Waals surface area contributed by atoms with E-state index in [4.69, 9.17) is 0 Å². The number of nitrogens with zero attached hydrogens (tertiary/aromatic N) is 3. The normalized spacial score (nSPS) is 23.2. The maximum absolute atomic E-state index is 12.3. The second-order valence-electron chi connectivity index (χ2n) is 5.83. The summed E-state index contributed by atoms with van der Waals surface area (Å²) >= 11 is 0. The van der Waals surface area contributed by atoms with Crippen LogP contribution in [0.2, 0.25) is 0 Å². The van der Waals surface area contributed by atoms with Gasteiger partial charge in [0.05, 0.1) is 6.54 Å². The highest BCUT2D eigenvalue weighted by Gasteiger charge is 2.33. The molecule has 0 atom stereocenters. The van der Waals surface area contributed by atoms with Crippen LogP contribution in [0.25, 0.3) is 0 Å². The Morgan fingerprint density at radius 3 is 2.00 bits per heavy atom. The van der Waals surface area contributed by atoms with Gasteiger partial charge in [-0.1, -0.05) is 6.92 Å². The first-order valence-corrected chi connectivity index (χ1v) is 7.18. The van der Waals surface area contributed by atoms with Gasteiger partial charge in [-0.15, -0.1) is 0 Å². The van der Waals surface area contributed by atoms with E-state index in [1.165, 1.54) is 4.90 Å². The van der Waals surface area contributed by atoms with Crippen LogP contribution < -0.4 is 0 Å². The first-order chi connectivity index (χ1) is 9.35. The summed E-state index contributed by atoms with van der Waals surface area (Å²) in [6, 6.07) is -0.0106. The van der Waals surface area contributed by atoms with Crippen molar-refractivity contribution in [2.24, 2.45) is 5.92 Å². The molecule has 116 valence electrons. The Kier molecular flexibility index (Phi) is 4.78. The molecular weight excluding hydrogens is 271 g/mol. The summed E-state index contributed by atoms with van der Waals surface area (Å²) in [4.78, 5) is 17.1. The Bertz CT molecular complexity index is 332. The van der Waals surface area contributed by atoms with Gasteiger partial charge in [-0.05, 0) is 18.8 Å². The fourth-order valence-corrected chi connectivity index (χ4v) is 2.75. The number of alkyl halides is 3. The van der Waals surface area contributed by atoms with E-state index >= 15 is 0 Å². The highest BCUT2D eigenvalue weighted by molar-refractivity contribution is 5.74. The molecule has 2 fully saturated rings. The van der Waals surface area contributed by atoms with Crippen molar-refractivity contribution in [2.45, 2.75) is 25.9 Å². The highest BCUT2D eigenvalue weighted by atomic mass is 19.4. The molecule has 2 saturated heterocycles. The summed E-state index contributed by atoms with van der Waals surface area (Å²) in [7, 11) is 0. The lowest BCUT2D eigenvalue weighted by atomic mass is 9.99. The van der Waals surface area contributed by atoms with Crippen molar-refractivity contribution in [3.05, 3.63) is 0 Å². The molecule has 4 nitrogen and oxygen atoms in total. The second-order valence-corrected chi connectivity index (χ2v) is 5.83. The molecule has 20 heavy (non-hydrogen) atoms. The molecule has 0 radical (unpaired) electrons. The number of likely N-dealkylation sites (tertiary alicyclic amines) is 1. The van der Waals surface area contributed by atoms with Crippen LogP contribution in [0.4, 0.5) is 18.0 Å². The van der Waals surface area contributed by atoms with Crippen molar-refractivity contribution >= 4 is 6.03 Å². The monoisotopic (exact) mass is 293 g/mol. The van der Waals surface area contributed by atoms with Gasteiger partial charge in [0.1, 0.15) is 0 Å². The number of halogens is 3. The molecule has 0 spiro atoms. The smallest absolute Gasteiger partial charge is 0.325 e. The molecule has 0 N–H and O–H groups in total. The first-order valence-electron chi connectivity index (χ1n) is 7.18. The van der Waals surface area contributed by atoms with Gasteiger partial charge in [0.2, 0.25) is 0 Å². The minimum atomic E-state index is -4.16. The van der Waals surface area contributed by atoms with E-state index in [2.05, 4.69) is 6.92 Å². The maximum Gasteiger partial charge on any atom is 0.401 e. The van der Waals surface area contributed by atoms with Gasteiger partial charge in [0, 0.05) is 39.3 Å². The molecule has 0 aromatic carbocycles. The van der Waals surface area contributed by atoms with E-state index in [1.54, 1.807) is 4.90 Å². The van der Waals surface area contributed by atoms with Crippen LogP contribution in [0, 0.1) is 5.92 Å². The van der Waals surface area contributed by atoms with Gasteiger partial charge in [0.15, 0.2) is 0 Å². The van der Waals surface area contributed by atoms with Crippen LogP contribution in [0.15, 0.2) is 0 Å². The molecular formula is C13H22F3N3O. The summed E-state index contributed by atoms with van der Waals surface area (Å²) < 4.78 is 36.9. The molecule has 0 aromatic rings. The molecule has 2 amide bonds. The number of carbonyl (C=O) groups is 1. The van der Waals surface area contributed by atoms with Crippen LogP contribution in [-0.2, 0) is 0 Å². The molecule has 0 unspecified atom stereocenters. The lowest BCUT2D eigenvalue weighted by molar-refractivity contribution is -0.148. The zero-order valence-corrected chi connectivity index (χ0v) is 11.8. The minimum absolute atomic E-state index is 0.0106. The summed E-state index contributed by atoms with van der Waals surface area (Å²) in [5.41, 5.74) is 0. The number of hydrogen-bond donors (Lipinski definition) is 0. The Morgan fingerprint density at radius 2 is 1.50 bits per heavy atom. The molecule has 0 bridgehead atoms. The maximum atomic E-state index is 12.3. The lowest BCUT2D eigenvalue weighted by Crippen LogP contribution is -2.55.